The summed E-state index contributed by atoms with van der Waals surface area (Å²) in [5, 5.41) is 12.3. The number of aliphatic carboxylic acids is 1. The van der Waals surface area contributed by atoms with Gasteiger partial charge >= 0.3 is 0 Å². The number of thiazole rings is 1. The van der Waals surface area contributed by atoms with Crippen LogP contribution in [0.1, 0.15) is 17.0 Å². The highest BCUT2D eigenvalue weighted by Crippen LogP contribution is 2.31. The Morgan fingerprint density at radius 3 is 2.64 bits per heavy atom. The van der Waals surface area contributed by atoms with Gasteiger partial charge in [0.15, 0.2) is 0 Å². The Morgan fingerprint density at radius 1 is 1.18 bits per heavy atom. The second-order valence-corrected chi connectivity index (χ2v) is 6.16. The topological polar surface area (TPSA) is 53.0 Å². The molecule has 0 unspecified atom stereocenters. The van der Waals surface area contributed by atoms with E-state index < -0.39 is 5.97 Å². The molecule has 0 spiro atoms. The van der Waals surface area contributed by atoms with Crippen LogP contribution in [0.15, 0.2) is 48.5 Å². The number of carboxylic acid groups (broad SMARTS) is 1. The molecule has 2 aromatic carbocycles. The van der Waals surface area contributed by atoms with E-state index in [-0.39, 0.29) is 6.42 Å². The van der Waals surface area contributed by atoms with E-state index >= 15 is 0 Å². The largest absolute Gasteiger partial charge is 0.550 e. The fourth-order valence-electron chi connectivity index (χ4n) is 2.13. The van der Waals surface area contributed by atoms with Crippen LogP contribution >= 0.6 is 22.9 Å². The van der Waals surface area contributed by atoms with Crippen LogP contribution in [0.5, 0.6) is 0 Å². The molecule has 0 aliphatic carbocycles. The van der Waals surface area contributed by atoms with E-state index in [1.54, 1.807) is 12.1 Å². The van der Waals surface area contributed by atoms with Crippen molar-refractivity contribution in [3.63, 3.8) is 0 Å². The van der Waals surface area contributed by atoms with E-state index in [2.05, 4.69) is 4.98 Å². The Bertz CT molecular complexity index is 837. The van der Waals surface area contributed by atoms with Crippen LogP contribution in [-0.4, -0.2) is 11.0 Å². The summed E-state index contributed by atoms with van der Waals surface area (Å²) in [7, 11) is 0. The first-order valence-electron chi connectivity index (χ1n) is 6.64. The lowest BCUT2D eigenvalue weighted by Crippen LogP contribution is -2.22. The average molecular weight is 329 g/mol. The molecule has 0 amide bonds. The van der Waals surface area contributed by atoms with Crippen LogP contribution < -0.4 is 5.11 Å². The number of rotatable bonds is 4. The number of fused-ring (bicyclic) bond motifs is 1. The van der Waals surface area contributed by atoms with E-state index in [1.165, 1.54) is 11.3 Å². The monoisotopic (exact) mass is 328 g/mol. The first kappa shape index (κ1) is 14.8. The van der Waals surface area contributed by atoms with Gasteiger partial charge in [0.1, 0.15) is 5.01 Å². The number of halogens is 1. The van der Waals surface area contributed by atoms with Crippen molar-refractivity contribution in [1.29, 1.82) is 0 Å². The second-order valence-electron chi connectivity index (χ2n) is 4.73. The number of benzene rings is 2. The van der Waals surface area contributed by atoms with Crippen molar-refractivity contribution in [2.75, 3.05) is 0 Å². The standard InChI is InChI=1S/C17H12ClNO2S/c18-13-6-2-1-5-11(13)9-12(10-16(20)21)17-19-14-7-3-4-8-15(14)22-17/h1-9H,10H2,(H,20,21)/p-1/b12-9+. The minimum absolute atomic E-state index is 0.203. The smallest absolute Gasteiger partial charge is 0.120 e. The van der Waals surface area contributed by atoms with Gasteiger partial charge in [0.05, 0.1) is 10.2 Å². The van der Waals surface area contributed by atoms with Gasteiger partial charge in [0.25, 0.3) is 0 Å². The molecule has 5 heteroatoms. The van der Waals surface area contributed by atoms with Crippen LogP contribution in [-0.2, 0) is 4.79 Å². The van der Waals surface area contributed by atoms with Gasteiger partial charge in [-0.15, -0.1) is 11.3 Å². The molecule has 110 valence electrons. The average Bonchev–Trinajstić information content (AvgIpc) is 2.92. The molecule has 3 rings (SSSR count). The summed E-state index contributed by atoms with van der Waals surface area (Å²) in [5.74, 6) is -1.14. The van der Waals surface area contributed by atoms with Gasteiger partial charge in [-0.25, -0.2) is 4.98 Å². The molecule has 0 fully saturated rings. The summed E-state index contributed by atoms with van der Waals surface area (Å²) >= 11 is 7.61. The zero-order valence-electron chi connectivity index (χ0n) is 11.5. The van der Waals surface area contributed by atoms with Gasteiger partial charge in [-0.05, 0) is 35.4 Å². The lowest BCUT2D eigenvalue weighted by Gasteiger charge is -2.06. The molecular weight excluding hydrogens is 318 g/mol. The summed E-state index contributed by atoms with van der Waals surface area (Å²) in [6.45, 7) is 0. The van der Waals surface area contributed by atoms with Gasteiger partial charge in [-0.1, -0.05) is 41.9 Å². The number of aromatic nitrogens is 1. The maximum atomic E-state index is 11.1. The lowest BCUT2D eigenvalue weighted by molar-refractivity contribution is -0.304. The Morgan fingerprint density at radius 2 is 1.91 bits per heavy atom. The first-order chi connectivity index (χ1) is 10.6. The van der Waals surface area contributed by atoms with Crippen molar-refractivity contribution in [3.8, 4) is 0 Å². The van der Waals surface area contributed by atoms with Gasteiger partial charge < -0.3 is 9.90 Å². The van der Waals surface area contributed by atoms with Crippen molar-refractivity contribution < 1.29 is 9.90 Å². The molecule has 3 aromatic rings. The third kappa shape index (κ3) is 3.18. The van der Waals surface area contributed by atoms with Gasteiger partial charge in [0.2, 0.25) is 0 Å². The maximum Gasteiger partial charge on any atom is 0.120 e. The summed E-state index contributed by atoms with van der Waals surface area (Å²) in [6.07, 6.45) is 1.56. The minimum atomic E-state index is -1.14. The highest BCUT2D eigenvalue weighted by atomic mass is 35.5. The maximum absolute atomic E-state index is 11.1. The number of para-hydroxylation sites is 1. The number of carbonyl (C=O) groups is 1. The van der Waals surface area contributed by atoms with E-state index in [0.717, 1.165) is 15.8 Å². The fraction of sp³-hybridized carbons (Fsp3) is 0.0588. The van der Waals surface area contributed by atoms with E-state index in [4.69, 9.17) is 11.6 Å². The van der Waals surface area contributed by atoms with Gasteiger partial charge in [-0.2, -0.15) is 0 Å². The van der Waals surface area contributed by atoms with Crippen molar-refractivity contribution >= 4 is 50.8 Å². The zero-order valence-corrected chi connectivity index (χ0v) is 13.0. The molecule has 1 aromatic heterocycles. The van der Waals surface area contributed by atoms with E-state index in [0.29, 0.717) is 15.6 Å². The summed E-state index contributed by atoms with van der Waals surface area (Å²) in [6, 6.07) is 15.0. The number of nitrogens with zero attached hydrogens (tertiary/aromatic N) is 1. The van der Waals surface area contributed by atoms with E-state index in [1.807, 2.05) is 42.5 Å². The summed E-state index contributed by atoms with van der Waals surface area (Å²) in [5.41, 5.74) is 2.21. The predicted octanol–water partition coefficient (Wildman–Crippen LogP) is 3.63. The number of hydrogen-bond acceptors (Lipinski definition) is 4. The molecule has 1 heterocycles. The summed E-state index contributed by atoms with van der Waals surface area (Å²) < 4.78 is 1.01. The molecule has 0 aliphatic rings. The number of carbonyl (C=O) groups excluding carboxylic acids is 1. The minimum Gasteiger partial charge on any atom is -0.550 e. The van der Waals surface area contributed by atoms with Crippen LogP contribution in [0, 0.1) is 0 Å². The molecule has 22 heavy (non-hydrogen) atoms. The molecule has 0 saturated heterocycles. The third-order valence-corrected chi connectivity index (χ3v) is 4.59. The molecule has 0 atom stereocenters. The van der Waals surface area contributed by atoms with Crippen LogP contribution in [0.25, 0.3) is 21.9 Å². The van der Waals surface area contributed by atoms with Crippen LogP contribution in [0.3, 0.4) is 0 Å². The van der Waals surface area contributed by atoms with Crippen LogP contribution in [0.2, 0.25) is 5.02 Å². The lowest BCUT2D eigenvalue weighted by atomic mass is 10.1. The van der Waals surface area contributed by atoms with Crippen molar-refractivity contribution in [1.82, 2.24) is 4.98 Å². The quantitative estimate of drug-likeness (QED) is 0.735. The first-order valence-corrected chi connectivity index (χ1v) is 7.84. The molecule has 0 radical (unpaired) electrons. The third-order valence-electron chi connectivity index (χ3n) is 3.14. The summed E-state index contributed by atoms with van der Waals surface area (Å²) in [4.78, 5) is 15.6. The second kappa shape index (κ2) is 6.30. The number of carboxylic acids is 1. The Balaban J connectivity index is 2.10. The molecule has 0 aliphatic heterocycles. The van der Waals surface area contributed by atoms with E-state index in [9.17, 15) is 9.90 Å². The SMILES string of the molecule is O=C([O-])C/C(=C\c1ccccc1Cl)c1nc2ccccc2s1. The van der Waals surface area contributed by atoms with Gasteiger partial charge in [-0.3, -0.25) is 0 Å². The van der Waals surface area contributed by atoms with Crippen molar-refractivity contribution in [2.45, 2.75) is 6.42 Å². The van der Waals surface area contributed by atoms with Crippen LogP contribution in [0.4, 0.5) is 0 Å². The highest BCUT2D eigenvalue weighted by Gasteiger charge is 2.10. The molecular formula is C17H11ClNO2S-. The Hall–Kier alpha value is -2.17. The van der Waals surface area contributed by atoms with Crippen molar-refractivity contribution in [3.05, 3.63) is 64.1 Å². The molecule has 0 N–H and O–H groups in total. The Kier molecular flexibility index (Phi) is 4.22. The molecule has 0 bridgehead atoms. The zero-order chi connectivity index (χ0) is 15.5. The molecule has 0 saturated carbocycles. The normalized spacial score (nSPS) is 11.8. The number of hydrogen-bond donors (Lipinski definition) is 0. The highest BCUT2D eigenvalue weighted by molar-refractivity contribution is 7.19. The predicted molar refractivity (Wildman–Crippen MR) is 88.6 cm³/mol. The fourth-order valence-corrected chi connectivity index (χ4v) is 3.30. The Labute approximate surface area is 136 Å². The van der Waals surface area contributed by atoms with Crippen molar-refractivity contribution in [2.24, 2.45) is 0 Å². The van der Waals surface area contributed by atoms with Gasteiger partial charge in [0, 0.05) is 17.4 Å². The molecule has 3 nitrogen and oxygen atoms in total.